The molecule has 1 fully saturated rings. The van der Waals surface area contributed by atoms with Gasteiger partial charge < -0.3 is 10.1 Å². The van der Waals surface area contributed by atoms with Crippen molar-refractivity contribution in [3.63, 3.8) is 0 Å². The third-order valence-corrected chi connectivity index (χ3v) is 8.12. The third-order valence-electron chi connectivity index (χ3n) is 6.93. The zero-order valence-corrected chi connectivity index (χ0v) is 22.7. The van der Waals surface area contributed by atoms with E-state index in [1.165, 1.54) is 28.8 Å². The highest BCUT2D eigenvalue weighted by Gasteiger charge is 2.36. The van der Waals surface area contributed by atoms with Gasteiger partial charge in [-0.2, -0.15) is 0 Å². The van der Waals surface area contributed by atoms with Gasteiger partial charge in [0.25, 0.3) is 5.69 Å². The second-order valence-electron chi connectivity index (χ2n) is 9.62. The number of carbonyl (C=O) groups is 1. The van der Waals surface area contributed by atoms with Crippen LogP contribution in [0.3, 0.4) is 0 Å². The lowest BCUT2D eigenvalue weighted by Crippen LogP contribution is -2.42. The molecule has 0 radical (unpaired) electrons. The maximum absolute atomic E-state index is 13.1. The lowest BCUT2D eigenvalue weighted by molar-refractivity contribution is -0.384. The number of aliphatic imine (C=N–C) groups is 1. The number of rotatable bonds is 9. The van der Waals surface area contributed by atoms with Gasteiger partial charge in [0.15, 0.2) is 0 Å². The summed E-state index contributed by atoms with van der Waals surface area (Å²) in [4.78, 5) is 31.0. The zero-order valence-electron chi connectivity index (χ0n) is 21.9. The van der Waals surface area contributed by atoms with Crippen LogP contribution in [0.5, 0.6) is 0 Å². The molecule has 1 atom stereocenters. The molecule has 12 heteroatoms. The molecule has 1 unspecified atom stereocenters. The number of nitro groups is 1. The second-order valence-corrected chi connectivity index (χ2v) is 11.5. The Hall–Kier alpha value is -4.13. The van der Waals surface area contributed by atoms with Crippen LogP contribution < -0.4 is 9.62 Å². The Morgan fingerprint density at radius 2 is 1.80 bits per heavy atom. The van der Waals surface area contributed by atoms with Crippen molar-refractivity contribution in [1.82, 2.24) is 4.90 Å². The molecule has 0 saturated carbocycles. The number of hydrogen-bond acceptors (Lipinski definition) is 8. The topological polar surface area (TPSA) is 134 Å². The number of hydrogen-bond donors (Lipinski definition) is 1. The predicted molar refractivity (Wildman–Crippen MR) is 153 cm³/mol. The zero-order chi connectivity index (χ0) is 28.3. The molecule has 2 aliphatic rings. The van der Waals surface area contributed by atoms with Gasteiger partial charge in [-0.25, -0.2) is 8.42 Å². The fourth-order valence-corrected chi connectivity index (χ4v) is 5.83. The summed E-state index contributed by atoms with van der Waals surface area (Å²) in [5, 5.41) is 14.2. The second kappa shape index (κ2) is 11.5. The summed E-state index contributed by atoms with van der Waals surface area (Å²) in [7, 11) is -3.53. The lowest BCUT2D eigenvalue weighted by Gasteiger charge is -2.30. The van der Waals surface area contributed by atoms with Gasteiger partial charge in [-0.3, -0.25) is 29.1 Å². The van der Waals surface area contributed by atoms with Crippen LogP contribution >= 0.6 is 0 Å². The minimum absolute atomic E-state index is 0.116. The van der Waals surface area contributed by atoms with Crippen LogP contribution in [-0.4, -0.2) is 75.5 Å². The van der Waals surface area contributed by atoms with Gasteiger partial charge in [0.05, 0.1) is 41.5 Å². The molecular formula is C28H29N5O6S. The van der Waals surface area contributed by atoms with Gasteiger partial charge in [-0.05, 0) is 35.9 Å². The van der Waals surface area contributed by atoms with Crippen molar-refractivity contribution in [2.45, 2.75) is 5.92 Å². The van der Waals surface area contributed by atoms with Gasteiger partial charge in [0, 0.05) is 49.6 Å². The molecule has 208 valence electrons. The number of nitro benzene ring substituents is 1. The van der Waals surface area contributed by atoms with Crippen molar-refractivity contribution < 1.29 is 22.9 Å². The van der Waals surface area contributed by atoms with Crippen molar-refractivity contribution in [1.29, 1.82) is 0 Å². The first kappa shape index (κ1) is 27.4. The maximum atomic E-state index is 13.1. The highest BCUT2D eigenvalue weighted by molar-refractivity contribution is 7.92. The molecule has 3 aromatic carbocycles. The Morgan fingerprint density at radius 1 is 1.10 bits per heavy atom. The van der Waals surface area contributed by atoms with E-state index in [1.54, 1.807) is 24.3 Å². The van der Waals surface area contributed by atoms with Gasteiger partial charge in [0.1, 0.15) is 5.92 Å². The molecule has 2 aliphatic heterocycles. The number of ether oxygens (including phenoxy) is 1. The van der Waals surface area contributed by atoms with E-state index in [4.69, 9.17) is 9.73 Å². The Balaban J connectivity index is 1.48. The number of benzene rings is 3. The normalized spacial score (nSPS) is 17.8. The first-order valence-corrected chi connectivity index (χ1v) is 14.7. The van der Waals surface area contributed by atoms with Crippen LogP contribution in [0.1, 0.15) is 17.0 Å². The van der Waals surface area contributed by atoms with E-state index in [0.29, 0.717) is 60.2 Å². The van der Waals surface area contributed by atoms with Gasteiger partial charge in [-0.15, -0.1) is 0 Å². The largest absolute Gasteiger partial charge is 0.379 e. The van der Waals surface area contributed by atoms with Crippen LogP contribution in [0, 0.1) is 10.1 Å². The molecule has 1 N–H and O–H groups in total. The van der Waals surface area contributed by atoms with Crippen LogP contribution in [0.4, 0.5) is 22.7 Å². The molecule has 0 bridgehead atoms. The average molecular weight is 564 g/mol. The molecule has 0 spiro atoms. The quantitative estimate of drug-likeness (QED) is 0.239. The van der Waals surface area contributed by atoms with Gasteiger partial charge in [0.2, 0.25) is 15.9 Å². The van der Waals surface area contributed by atoms with Crippen LogP contribution in [0.15, 0.2) is 77.8 Å². The van der Waals surface area contributed by atoms with E-state index >= 15 is 0 Å². The summed E-state index contributed by atoms with van der Waals surface area (Å²) >= 11 is 0. The monoisotopic (exact) mass is 563 g/mol. The van der Waals surface area contributed by atoms with Crippen LogP contribution in [0.25, 0.3) is 0 Å². The third kappa shape index (κ3) is 6.03. The minimum atomic E-state index is -3.53. The van der Waals surface area contributed by atoms with E-state index < -0.39 is 20.9 Å². The molecule has 2 heterocycles. The predicted octanol–water partition coefficient (Wildman–Crippen LogP) is 3.55. The fraction of sp³-hybridized carbons (Fsp3) is 0.286. The van der Waals surface area contributed by atoms with Crippen LogP contribution in [-0.2, 0) is 19.6 Å². The Bertz CT molecular complexity index is 1540. The van der Waals surface area contributed by atoms with E-state index in [-0.39, 0.29) is 11.6 Å². The van der Waals surface area contributed by atoms with Gasteiger partial charge in [-0.1, -0.05) is 30.3 Å². The number of sulfonamides is 1. The summed E-state index contributed by atoms with van der Waals surface area (Å²) in [5.41, 5.74) is 3.00. The first-order chi connectivity index (χ1) is 19.2. The van der Waals surface area contributed by atoms with E-state index in [9.17, 15) is 23.3 Å². The molecule has 11 nitrogen and oxygen atoms in total. The molecule has 40 heavy (non-hydrogen) atoms. The maximum Gasteiger partial charge on any atom is 0.269 e. The van der Waals surface area contributed by atoms with Crippen molar-refractivity contribution in [3.05, 3.63) is 94.0 Å². The number of carbonyl (C=O) groups excluding carboxylic acids is 1. The smallest absolute Gasteiger partial charge is 0.269 e. The molecule has 3 aromatic rings. The highest BCUT2D eigenvalue weighted by atomic mass is 32.2. The van der Waals surface area contributed by atoms with E-state index in [0.717, 1.165) is 13.1 Å². The van der Waals surface area contributed by atoms with Crippen molar-refractivity contribution in [2.75, 3.05) is 55.3 Å². The number of nitrogens with one attached hydrogen (secondary N) is 1. The van der Waals surface area contributed by atoms with Crippen molar-refractivity contribution >= 4 is 44.4 Å². The first-order valence-electron chi connectivity index (χ1n) is 12.8. The Labute approximate surface area is 232 Å². The van der Waals surface area contributed by atoms with Crippen molar-refractivity contribution in [3.8, 4) is 0 Å². The number of morpholine rings is 1. The molecule has 0 aromatic heterocycles. The molecular weight excluding hydrogens is 534 g/mol. The summed E-state index contributed by atoms with van der Waals surface area (Å²) in [5.74, 6) is -1.20. The molecule has 1 amide bonds. The lowest BCUT2D eigenvalue weighted by atomic mass is 9.90. The molecule has 1 saturated heterocycles. The summed E-state index contributed by atoms with van der Waals surface area (Å²) in [6, 6.07) is 20.2. The summed E-state index contributed by atoms with van der Waals surface area (Å²) in [6.45, 7) is 3.66. The van der Waals surface area contributed by atoms with E-state index in [2.05, 4.69) is 10.2 Å². The fourth-order valence-electron chi connectivity index (χ4n) is 4.91. The average Bonchev–Trinajstić information content (AvgIpc) is 3.27. The minimum Gasteiger partial charge on any atom is -0.379 e. The highest BCUT2D eigenvalue weighted by Crippen LogP contribution is 2.38. The number of fused-ring (bicyclic) bond motifs is 1. The van der Waals surface area contributed by atoms with Crippen molar-refractivity contribution in [2.24, 2.45) is 4.99 Å². The summed E-state index contributed by atoms with van der Waals surface area (Å²) < 4.78 is 32.0. The van der Waals surface area contributed by atoms with Crippen LogP contribution in [0.2, 0.25) is 0 Å². The summed E-state index contributed by atoms with van der Waals surface area (Å²) in [6.07, 6.45) is 1.18. The Kier molecular flexibility index (Phi) is 7.92. The van der Waals surface area contributed by atoms with Gasteiger partial charge >= 0.3 is 0 Å². The molecule has 5 rings (SSSR count). The number of amides is 1. The number of nitrogens with zero attached hydrogens (tertiary/aromatic N) is 4. The standard InChI is InChI=1S/C28H29N5O6S/c1-40(37,38)32(14-13-31-15-17-39-18-16-31)22-9-7-21(8-10-22)29-27(20-5-3-2-4-6-20)26-24-19-23(33(35)36)11-12-25(24)30-28(26)34/h2-12,19,26H,13-18H2,1H3,(H,30,34). The number of non-ortho nitro benzene ring substituents is 1. The number of anilines is 2. The SMILES string of the molecule is CS(=O)(=O)N(CCN1CCOCC1)c1ccc(N=C(c2ccccc2)C2C(=O)Nc3ccc([N+](=O)[O-])cc32)cc1. The Morgan fingerprint density at radius 3 is 2.45 bits per heavy atom. The molecule has 0 aliphatic carbocycles. The van der Waals surface area contributed by atoms with E-state index in [1.807, 2.05) is 30.3 Å².